The molecule has 1 aromatic carbocycles. The highest BCUT2D eigenvalue weighted by Crippen LogP contribution is 2.21. The van der Waals surface area contributed by atoms with Crippen LogP contribution in [0.5, 0.6) is 0 Å². The summed E-state index contributed by atoms with van der Waals surface area (Å²) >= 11 is 0. The molecular formula is C14H19N3O3. The third kappa shape index (κ3) is 3.33. The summed E-state index contributed by atoms with van der Waals surface area (Å²) in [6.45, 7) is 1.99. The number of nitrogens with zero attached hydrogens (tertiary/aromatic N) is 2. The van der Waals surface area contributed by atoms with Crippen molar-refractivity contribution < 1.29 is 9.72 Å². The van der Waals surface area contributed by atoms with Gasteiger partial charge >= 0.3 is 0 Å². The molecule has 1 N–H and O–H groups in total. The lowest BCUT2D eigenvalue weighted by molar-refractivity contribution is -0.385. The second kappa shape index (κ2) is 6.47. The van der Waals surface area contributed by atoms with Crippen LogP contribution in [0.1, 0.15) is 18.4 Å². The molecule has 0 aromatic heterocycles. The average Bonchev–Trinajstić information content (AvgIpc) is 2.47. The molecule has 0 atom stereocenters. The second-order valence-corrected chi connectivity index (χ2v) is 5.10. The van der Waals surface area contributed by atoms with Gasteiger partial charge in [-0.05, 0) is 25.9 Å². The number of amides is 1. The van der Waals surface area contributed by atoms with Gasteiger partial charge in [-0.3, -0.25) is 14.9 Å². The highest BCUT2D eigenvalue weighted by Gasteiger charge is 2.25. The summed E-state index contributed by atoms with van der Waals surface area (Å²) in [6.07, 6.45) is 1.67. The van der Waals surface area contributed by atoms with Crippen LogP contribution in [-0.2, 0) is 11.3 Å². The summed E-state index contributed by atoms with van der Waals surface area (Å²) < 4.78 is 0. The van der Waals surface area contributed by atoms with Crippen molar-refractivity contribution in [3.05, 3.63) is 39.9 Å². The van der Waals surface area contributed by atoms with Gasteiger partial charge in [-0.1, -0.05) is 18.2 Å². The van der Waals surface area contributed by atoms with E-state index < -0.39 is 4.92 Å². The Hall–Kier alpha value is -1.95. The minimum Gasteiger partial charge on any atom is -0.341 e. The van der Waals surface area contributed by atoms with Crippen molar-refractivity contribution in [2.75, 3.05) is 20.1 Å². The van der Waals surface area contributed by atoms with Gasteiger partial charge in [-0.15, -0.1) is 0 Å². The van der Waals surface area contributed by atoms with Crippen LogP contribution in [0.2, 0.25) is 0 Å². The van der Waals surface area contributed by atoms with Crippen molar-refractivity contribution in [2.45, 2.75) is 19.4 Å². The fraction of sp³-hybridized carbons (Fsp3) is 0.500. The summed E-state index contributed by atoms with van der Waals surface area (Å²) in [5, 5.41) is 14.2. The van der Waals surface area contributed by atoms with E-state index in [-0.39, 0.29) is 24.1 Å². The Morgan fingerprint density at radius 3 is 2.70 bits per heavy atom. The molecule has 2 rings (SSSR count). The fourth-order valence-electron chi connectivity index (χ4n) is 2.54. The van der Waals surface area contributed by atoms with Crippen molar-refractivity contribution in [1.82, 2.24) is 10.2 Å². The molecule has 0 radical (unpaired) electrons. The number of para-hydroxylation sites is 1. The Labute approximate surface area is 117 Å². The van der Waals surface area contributed by atoms with Crippen LogP contribution in [0.15, 0.2) is 24.3 Å². The zero-order chi connectivity index (χ0) is 14.5. The predicted octanol–water partition coefficient (Wildman–Crippen LogP) is 1.55. The first kappa shape index (κ1) is 14.5. The van der Waals surface area contributed by atoms with Crippen molar-refractivity contribution in [3.8, 4) is 0 Å². The van der Waals surface area contributed by atoms with E-state index in [9.17, 15) is 14.9 Å². The SMILES string of the molecule is CN(Cc1ccccc1[N+](=O)[O-])C(=O)C1CCNCC1. The van der Waals surface area contributed by atoms with Crippen LogP contribution in [0.3, 0.4) is 0 Å². The van der Waals surface area contributed by atoms with Gasteiger partial charge in [0.2, 0.25) is 5.91 Å². The van der Waals surface area contributed by atoms with E-state index >= 15 is 0 Å². The minimum absolute atomic E-state index is 0.0315. The first-order valence-corrected chi connectivity index (χ1v) is 6.77. The Kier molecular flexibility index (Phi) is 4.68. The van der Waals surface area contributed by atoms with Crippen LogP contribution < -0.4 is 5.32 Å². The monoisotopic (exact) mass is 277 g/mol. The van der Waals surface area contributed by atoms with Gasteiger partial charge in [0, 0.05) is 24.6 Å². The lowest BCUT2D eigenvalue weighted by Gasteiger charge is -2.26. The van der Waals surface area contributed by atoms with Crippen LogP contribution >= 0.6 is 0 Å². The van der Waals surface area contributed by atoms with E-state index in [2.05, 4.69) is 5.32 Å². The first-order valence-electron chi connectivity index (χ1n) is 6.77. The van der Waals surface area contributed by atoms with Crippen LogP contribution in [0.4, 0.5) is 5.69 Å². The molecular weight excluding hydrogens is 258 g/mol. The summed E-state index contributed by atoms with van der Waals surface area (Å²) in [7, 11) is 1.71. The molecule has 1 aliphatic heterocycles. The van der Waals surface area contributed by atoms with E-state index in [1.54, 1.807) is 30.1 Å². The van der Waals surface area contributed by atoms with E-state index in [4.69, 9.17) is 0 Å². The molecule has 108 valence electrons. The number of hydrogen-bond donors (Lipinski definition) is 1. The topological polar surface area (TPSA) is 75.5 Å². The molecule has 0 aliphatic carbocycles. The van der Waals surface area contributed by atoms with Gasteiger partial charge in [0.1, 0.15) is 0 Å². The number of nitrogens with one attached hydrogen (secondary N) is 1. The molecule has 1 aliphatic rings. The Bertz CT molecular complexity index is 498. The van der Waals surface area contributed by atoms with Gasteiger partial charge in [0.15, 0.2) is 0 Å². The van der Waals surface area contributed by atoms with Crippen molar-refractivity contribution in [3.63, 3.8) is 0 Å². The number of nitro groups is 1. The molecule has 0 saturated carbocycles. The third-order valence-electron chi connectivity index (χ3n) is 3.66. The first-order chi connectivity index (χ1) is 9.59. The number of rotatable bonds is 4. The van der Waals surface area contributed by atoms with Crippen LogP contribution in [0.25, 0.3) is 0 Å². The fourth-order valence-corrected chi connectivity index (χ4v) is 2.54. The maximum atomic E-state index is 12.3. The highest BCUT2D eigenvalue weighted by atomic mass is 16.6. The smallest absolute Gasteiger partial charge is 0.274 e. The normalized spacial score (nSPS) is 15.8. The number of nitro benzene ring substituents is 1. The lowest BCUT2D eigenvalue weighted by atomic mass is 9.96. The lowest BCUT2D eigenvalue weighted by Crippen LogP contribution is -2.39. The van der Waals surface area contributed by atoms with Gasteiger partial charge < -0.3 is 10.2 Å². The molecule has 6 heteroatoms. The van der Waals surface area contributed by atoms with E-state index in [1.807, 2.05) is 0 Å². The van der Waals surface area contributed by atoms with Crippen molar-refractivity contribution >= 4 is 11.6 Å². The number of piperidine rings is 1. The predicted molar refractivity (Wildman–Crippen MR) is 75.2 cm³/mol. The summed E-state index contributed by atoms with van der Waals surface area (Å²) in [5.41, 5.74) is 0.639. The molecule has 1 amide bonds. The van der Waals surface area contributed by atoms with Gasteiger partial charge in [0.05, 0.1) is 11.5 Å². The summed E-state index contributed by atoms with van der Waals surface area (Å²) in [4.78, 5) is 24.5. The molecule has 0 bridgehead atoms. The minimum atomic E-state index is -0.405. The van der Waals surface area contributed by atoms with Gasteiger partial charge in [-0.2, -0.15) is 0 Å². The summed E-state index contributed by atoms with van der Waals surface area (Å²) in [5.74, 6) is 0.105. The molecule has 1 aromatic rings. The van der Waals surface area contributed by atoms with Crippen LogP contribution in [0, 0.1) is 16.0 Å². The maximum absolute atomic E-state index is 12.3. The molecule has 1 fully saturated rings. The average molecular weight is 277 g/mol. The zero-order valence-corrected chi connectivity index (χ0v) is 11.5. The highest BCUT2D eigenvalue weighted by molar-refractivity contribution is 5.78. The van der Waals surface area contributed by atoms with Gasteiger partial charge in [0.25, 0.3) is 5.69 Å². The molecule has 6 nitrogen and oxygen atoms in total. The third-order valence-corrected chi connectivity index (χ3v) is 3.66. The second-order valence-electron chi connectivity index (χ2n) is 5.10. The molecule has 1 saturated heterocycles. The molecule has 1 heterocycles. The number of hydrogen-bond acceptors (Lipinski definition) is 4. The van der Waals surface area contributed by atoms with Crippen molar-refractivity contribution in [2.24, 2.45) is 5.92 Å². The quantitative estimate of drug-likeness (QED) is 0.669. The van der Waals surface area contributed by atoms with E-state index in [0.29, 0.717) is 5.56 Å². The maximum Gasteiger partial charge on any atom is 0.274 e. The number of benzene rings is 1. The van der Waals surface area contributed by atoms with Gasteiger partial charge in [-0.25, -0.2) is 0 Å². The Morgan fingerprint density at radius 2 is 2.05 bits per heavy atom. The molecule has 0 unspecified atom stereocenters. The number of carbonyl (C=O) groups is 1. The largest absolute Gasteiger partial charge is 0.341 e. The Balaban J connectivity index is 2.05. The molecule has 20 heavy (non-hydrogen) atoms. The zero-order valence-electron chi connectivity index (χ0n) is 11.5. The van der Waals surface area contributed by atoms with E-state index in [1.165, 1.54) is 6.07 Å². The summed E-state index contributed by atoms with van der Waals surface area (Å²) in [6, 6.07) is 6.56. The van der Waals surface area contributed by atoms with E-state index in [0.717, 1.165) is 25.9 Å². The van der Waals surface area contributed by atoms with Crippen molar-refractivity contribution in [1.29, 1.82) is 0 Å². The molecule has 0 spiro atoms. The van der Waals surface area contributed by atoms with Crippen LogP contribution in [-0.4, -0.2) is 35.9 Å². The number of carbonyl (C=O) groups excluding carboxylic acids is 1. The standard InChI is InChI=1S/C14H19N3O3/c1-16(14(18)11-6-8-15-9-7-11)10-12-4-2-3-5-13(12)17(19)20/h2-5,11,15H,6-10H2,1H3. The Morgan fingerprint density at radius 1 is 1.40 bits per heavy atom.